The largest absolute Gasteiger partial charge is 0.459 e. The number of carbonyl (C=O) groups excluding carboxylic acids is 3. The average Bonchev–Trinajstić information content (AvgIpc) is 2.98. The topological polar surface area (TPSA) is 118 Å². The van der Waals surface area contributed by atoms with E-state index in [1.807, 2.05) is 24.3 Å². The van der Waals surface area contributed by atoms with Gasteiger partial charge in [0, 0.05) is 14.2 Å². The third kappa shape index (κ3) is 8.72. The maximum absolute atomic E-state index is 12.6. The van der Waals surface area contributed by atoms with Gasteiger partial charge in [-0.3, -0.25) is 0 Å². The van der Waals surface area contributed by atoms with Crippen LogP contribution in [0.2, 0.25) is 0 Å². The van der Waals surface area contributed by atoms with Crippen molar-refractivity contribution in [2.24, 2.45) is 0 Å². The number of ether oxygens (including phenoxy) is 5. The molecule has 1 fully saturated rings. The van der Waals surface area contributed by atoms with Gasteiger partial charge in [0.05, 0.1) is 36.5 Å². The van der Waals surface area contributed by atoms with Crippen LogP contribution in [0, 0.1) is 0 Å². The third-order valence-corrected chi connectivity index (χ3v) is 6.69. The van der Waals surface area contributed by atoms with Crippen molar-refractivity contribution in [3.05, 3.63) is 84.5 Å². The van der Waals surface area contributed by atoms with Crippen LogP contribution >= 0.6 is 0 Å². The van der Waals surface area contributed by atoms with Crippen molar-refractivity contribution >= 4 is 17.9 Å². The number of rotatable bonds is 13. The fourth-order valence-corrected chi connectivity index (χ4v) is 4.46. The molecule has 3 rings (SSSR count). The summed E-state index contributed by atoms with van der Waals surface area (Å²) >= 11 is 0. The van der Waals surface area contributed by atoms with Crippen LogP contribution in [0.25, 0.3) is 11.1 Å². The summed E-state index contributed by atoms with van der Waals surface area (Å²) in [5, 5.41) is 9.13. The van der Waals surface area contributed by atoms with Gasteiger partial charge in [-0.2, -0.15) is 0 Å². The van der Waals surface area contributed by atoms with Crippen LogP contribution in [-0.4, -0.2) is 63.2 Å². The van der Waals surface area contributed by atoms with E-state index in [0.717, 1.165) is 16.7 Å². The molecule has 0 amide bonds. The lowest BCUT2D eigenvalue weighted by Gasteiger charge is -2.30. The van der Waals surface area contributed by atoms with Gasteiger partial charge < -0.3 is 28.8 Å². The highest BCUT2D eigenvalue weighted by Gasteiger charge is 2.28. The number of benzene rings is 2. The monoisotopic (exact) mass is 564 g/mol. The molecule has 1 saturated carbocycles. The van der Waals surface area contributed by atoms with Crippen LogP contribution in [0.4, 0.5) is 0 Å². The van der Waals surface area contributed by atoms with Crippen LogP contribution in [0.3, 0.4) is 0 Å². The Morgan fingerprint density at radius 3 is 1.88 bits per heavy atom. The highest BCUT2D eigenvalue weighted by atomic mass is 16.6. The number of methoxy groups -OCH3 is 2. The zero-order valence-electron chi connectivity index (χ0n) is 23.5. The van der Waals surface area contributed by atoms with Gasteiger partial charge in [-0.1, -0.05) is 37.9 Å². The standard InChI is InChI=1S/C32H36O9/c1-20(17-33)30(34)39-27-13-8-24(9-14-27)28-16-25(10-15-29(28)41-32(36)22(3)19-38-5)23-6-11-26(12-7-23)40-31(35)21(2)18-37-4/h6-7,10-12,15-16,24,27,33H,1-3,8-9,13-14,17-19H2,4-5H3. The summed E-state index contributed by atoms with van der Waals surface area (Å²) in [6, 6.07) is 12.6. The number of aliphatic hydroxyl groups excluding tert-OH is 1. The Bertz CT molecular complexity index is 1280. The van der Waals surface area contributed by atoms with E-state index in [9.17, 15) is 14.4 Å². The summed E-state index contributed by atoms with van der Waals surface area (Å²) in [6.07, 6.45) is 2.32. The Balaban J connectivity index is 1.82. The van der Waals surface area contributed by atoms with Crippen LogP contribution < -0.4 is 9.47 Å². The minimum Gasteiger partial charge on any atom is -0.459 e. The van der Waals surface area contributed by atoms with E-state index in [0.29, 0.717) is 37.2 Å². The summed E-state index contributed by atoms with van der Waals surface area (Å²) in [5.41, 5.74) is 3.02. The Hall–Kier alpha value is -4.05. The Kier molecular flexibility index (Phi) is 11.6. The molecular weight excluding hydrogens is 528 g/mol. The van der Waals surface area contributed by atoms with Crippen LogP contribution in [-0.2, 0) is 28.6 Å². The van der Waals surface area contributed by atoms with Crippen molar-refractivity contribution in [3.63, 3.8) is 0 Å². The number of carbonyl (C=O) groups is 3. The fourth-order valence-electron chi connectivity index (χ4n) is 4.46. The molecule has 0 aromatic heterocycles. The summed E-state index contributed by atoms with van der Waals surface area (Å²) < 4.78 is 26.5. The molecule has 2 aromatic rings. The Labute approximate surface area is 240 Å². The van der Waals surface area contributed by atoms with Crippen molar-refractivity contribution in [3.8, 4) is 22.6 Å². The first-order chi connectivity index (χ1) is 19.7. The van der Waals surface area contributed by atoms with Crippen molar-refractivity contribution in [1.29, 1.82) is 0 Å². The van der Waals surface area contributed by atoms with Gasteiger partial charge in [0.2, 0.25) is 0 Å². The quantitative estimate of drug-likeness (QED) is 0.210. The number of hydrogen-bond acceptors (Lipinski definition) is 9. The molecule has 2 aromatic carbocycles. The average molecular weight is 565 g/mol. The van der Waals surface area contributed by atoms with Gasteiger partial charge in [-0.05, 0) is 72.6 Å². The van der Waals surface area contributed by atoms with Crippen LogP contribution in [0.5, 0.6) is 11.5 Å². The first-order valence-electron chi connectivity index (χ1n) is 13.2. The molecule has 1 aliphatic carbocycles. The highest BCUT2D eigenvalue weighted by Crippen LogP contribution is 2.41. The zero-order chi connectivity index (χ0) is 29.9. The second-order valence-electron chi connectivity index (χ2n) is 9.77. The van der Waals surface area contributed by atoms with Gasteiger partial charge in [0.1, 0.15) is 17.6 Å². The predicted octanol–water partition coefficient (Wildman–Crippen LogP) is 4.69. The molecule has 41 heavy (non-hydrogen) atoms. The second kappa shape index (κ2) is 15.1. The first kappa shape index (κ1) is 31.5. The lowest BCUT2D eigenvalue weighted by atomic mass is 9.81. The van der Waals surface area contributed by atoms with Gasteiger partial charge in [-0.15, -0.1) is 0 Å². The molecular formula is C32H36O9. The highest BCUT2D eigenvalue weighted by molar-refractivity contribution is 5.90. The molecule has 218 valence electrons. The normalized spacial score (nSPS) is 16.4. The van der Waals surface area contributed by atoms with E-state index in [2.05, 4.69) is 19.7 Å². The van der Waals surface area contributed by atoms with Crippen LogP contribution in [0.1, 0.15) is 37.2 Å². The summed E-state index contributed by atoms with van der Waals surface area (Å²) in [5.74, 6) is -0.905. The van der Waals surface area contributed by atoms with Crippen molar-refractivity contribution in [2.75, 3.05) is 34.0 Å². The van der Waals surface area contributed by atoms with E-state index in [-0.39, 0.29) is 42.0 Å². The molecule has 9 nitrogen and oxygen atoms in total. The first-order valence-corrected chi connectivity index (χ1v) is 13.2. The minimum atomic E-state index is -0.596. The Morgan fingerprint density at radius 2 is 1.32 bits per heavy atom. The molecule has 1 N–H and O–H groups in total. The van der Waals surface area contributed by atoms with Crippen molar-refractivity contribution in [1.82, 2.24) is 0 Å². The van der Waals surface area contributed by atoms with Gasteiger partial charge >= 0.3 is 17.9 Å². The van der Waals surface area contributed by atoms with Gasteiger partial charge in [-0.25, -0.2) is 14.4 Å². The van der Waals surface area contributed by atoms with Crippen LogP contribution in [0.15, 0.2) is 78.9 Å². The van der Waals surface area contributed by atoms with E-state index in [1.54, 1.807) is 18.2 Å². The van der Waals surface area contributed by atoms with E-state index >= 15 is 0 Å². The summed E-state index contributed by atoms with van der Waals surface area (Å²) in [4.78, 5) is 36.8. The molecule has 0 radical (unpaired) electrons. The zero-order valence-corrected chi connectivity index (χ0v) is 23.5. The molecule has 0 heterocycles. The molecule has 0 atom stereocenters. The summed E-state index contributed by atoms with van der Waals surface area (Å²) in [6.45, 7) is 10.6. The SMILES string of the molecule is C=C(COC)C(=O)Oc1ccc(-c2ccc(OC(=O)C(=C)COC)c(C3CCC(OC(=O)C(=C)CO)CC3)c2)cc1. The molecule has 1 aliphatic rings. The van der Waals surface area contributed by atoms with E-state index in [4.69, 9.17) is 28.8 Å². The Morgan fingerprint density at radius 1 is 0.756 bits per heavy atom. The van der Waals surface area contributed by atoms with Crippen molar-refractivity contribution < 1.29 is 43.2 Å². The van der Waals surface area contributed by atoms with Gasteiger partial charge in [0.15, 0.2) is 0 Å². The van der Waals surface area contributed by atoms with E-state index in [1.165, 1.54) is 14.2 Å². The van der Waals surface area contributed by atoms with Crippen molar-refractivity contribution in [2.45, 2.75) is 37.7 Å². The lowest BCUT2D eigenvalue weighted by Crippen LogP contribution is -2.25. The molecule has 0 spiro atoms. The molecule has 0 unspecified atom stereocenters. The number of aliphatic hydroxyl groups is 1. The second-order valence-corrected chi connectivity index (χ2v) is 9.77. The maximum atomic E-state index is 12.6. The molecule has 9 heteroatoms. The fraction of sp³-hybridized carbons (Fsp3) is 0.344. The molecule has 0 bridgehead atoms. The number of hydrogen-bond donors (Lipinski definition) is 1. The maximum Gasteiger partial charge on any atom is 0.341 e. The minimum absolute atomic E-state index is 0.0194. The lowest BCUT2D eigenvalue weighted by molar-refractivity contribution is -0.146. The molecule has 0 aliphatic heterocycles. The number of esters is 3. The van der Waals surface area contributed by atoms with Gasteiger partial charge in [0.25, 0.3) is 0 Å². The summed E-state index contributed by atoms with van der Waals surface area (Å²) in [7, 11) is 2.95. The predicted molar refractivity (Wildman–Crippen MR) is 152 cm³/mol. The smallest absolute Gasteiger partial charge is 0.341 e. The van der Waals surface area contributed by atoms with E-state index < -0.39 is 24.5 Å². The third-order valence-electron chi connectivity index (χ3n) is 6.69. The molecule has 0 saturated heterocycles.